The molecule has 4 rings (SSSR count). The fraction of sp³-hybridized carbons (Fsp3) is 0.625. The molecule has 0 spiro atoms. The van der Waals surface area contributed by atoms with Gasteiger partial charge in [0, 0.05) is 24.6 Å². The number of aromatic nitrogens is 1. The highest BCUT2D eigenvalue weighted by molar-refractivity contribution is 5.76. The number of piperidine rings is 1. The molecule has 2 saturated heterocycles. The first kappa shape index (κ1) is 16.4. The van der Waals surface area contributed by atoms with E-state index in [2.05, 4.69) is 10.3 Å². The summed E-state index contributed by atoms with van der Waals surface area (Å²) in [5.41, 5.74) is -0.257. The molecule has 136 valence electrons. The van der Waals surface area contributed by atoms with Crippen LogP contribution in [0.15, 0.2) is 18.5 Å². The van der Waals surface area contributed by atoms with Crippen LogP contribution in [0.1, 0.15) is 12.8 Å². The lowest BCUT2D eigenvalue weighted by Crippen LogP contribution is -2.46. The van der Waals surface area contributed by atoms with E-state index < -0.39 is 17.7 Å². The molecule has 0 radical (unpaired) electrons. The maximum absolute atomic E-state index is 12.4. The number of esters is 1. The highest BCUT2D eigenvalue weighted by Crippen LogP contribution is 2.54. The van der Waals surface area contributed by atoms with E-state index in [1.807, 2.05) is 11.0 Å². The Morgan fingerprint density at radius 3 is 2.92 bits per heavy atom. The molecule has 6 nitrogen and oxygen atoms in total. The molecule has 0 amide bonds. The van der Waals surface area contributed by atoms with Crippen LogP contribution < -0.4 is 15.0 Å². The molecular weight excluding hydrogens is 339 g/mol. The Hall–Kier alpha value is -2.03. The fourth-order valence-corrected chi connectivity index (χ4v) is 3.38. The van der Waals surface area contributed by atoms with Crippen LogP contribution in [-0.2, 0) is 9.53 Å². The number of hydrogen-bond acceptors (Lipinski definition) is 6. The largest absolute Gasteiger partial charge is 0.490 e. The zero-order chi connectivity index (χ0) is 17.7. The van der Waals surface area contributed by atoms with Crippen molar-refractivity contribution in [2.75, 3.05) is 31.1 Å². The molecular formula is C16H18F3N3O3. The van der Waals surface area contributed by atoms with Gasteiger partial charge in [0.05, 0.1) is 24.6 Å². The van der Waals surface area contributed by atoms with Crippen molar-refractivity contribution < 1.29 is 27.4 Å². The van der Waals surface area contributed by atoms with Gasteiger partial charge in [0.1, 0.15) is 18.0 Å². The third-order valence-electron chi connectivity index (χ3n) is 5.04. The molecule has 9 heteroatoms. The summed E-state index contributed by atoms with van der Waals surface area (Å²) in [6.45, 7) is 2.34. The predicted molar refractivity (Wildman–Crippen MR) is 81.3 cm³/mol. The van der Waals surface area contributed by atoms with Crippen LogP contribution in [0.2, 0.25) is 0 Å². The van der Waals surface area contributed by atoms with Crippen LogP contribution in [0, 0.1) is 5.92 Å². The molecule has 3 heterocycles. The van der Waals surface area contributed by atoms with Crippen molar-refractivity contribution >= 4 is 11.7 Å². The first-order valence-corrected chi connectivity index (χ1v) is 8.22. The van der Waals surface area contributed by atoms with Gasteiger partial charge in [-0.15, -0.1) is 0 Å². The van der Waals surface area contributed by atoms with Crippen molar-refractivity contribution in [3.8, 4) is 5.75 Å². The van der Waals surface area contributed by atoms with Gasteiger partial charge in [0.2, 0.25) is 0 Å². The Labute approximate surface area is 142 Å². The number of fused-ring (bicyclic) bond motifs is 1. The van der Waals surface area contributed by atoms with E-state index in [-0.39, 0.29) is 12.5 Å². The third kappa shape index (κ3) is 3.24. The summed E-state index contributed by atoms with van der Waals surface area (Å²) in [5, 5.41) is 3.24. The fourth-order valence-electron chi connectivity index (χ4n) is 3.38. The monoisotopic (exact) mass is 357 g/mol. The number of hydrogen-bond donors (Lipinski definition) is 1. The predicted octanol–water partition coefficient (Wildman–Crippen LogP) is 1.51. The van der Waals surface area contributed by atoms with Crippen LogP contribution in [0.25, 0.3) is 0 Å². The van der Waals surface area contributed by atoms with Gasteiger partial charge in [0.15, 0.2) is 0 Å². The van der Waals surface area contributed by atoms with Crippen molar-refractivity contribution in [3.63, 3.8) is 0 Å². The number of nitrogens with zero attached hydrogens (tertiary/aromatic N) is 2. The lowest BCUT2D eigenvalue weighted by atomic mass is 10.1. The van der Waals surface area contributed by atoms with Crippen LogP contribution in [0.5, 0.6) is 5.75 Å². The molecule has 2 unspecified atom stereocenters. The van der Waals surface area contributed by atoms with Gasteiger partial charge in [0.25, 0.3) is 0 Å². The van der Waals surface area contributed by atoms with E-state index in [1.165, 1.54) is 0 Å². The molecule has 2 aliphatic heterocycles. The van der Waals surface area contributed by atoms with E-state index in [0.29, 0.717) is 31.4 Å². The Kier molecular flexibility index (Phi) is 3.78. The Morgan fingerprint density at radius 2 is 2.24 bits per heavy atom. The summed E-state index contributed by atoms with van der Waals surface area (Å²) < 4.78 is 47.7. The molecule has 1 aliphatic carbocycles. The second-order valence-corrected chi connectivity index (χ2v) is 6.86. The number of alkyl halides is 3. The van der Waals surface area contributed by atoms with Gasteiger partial charge >= 0.3 is 12.1 Å². The van der Waals surface area contributed by atoms with Gasteiger partial charge in [-0.1, -0.05) is 0 Å². The molecule has 0 aromatic carbocycles. The van der Waals surface area contributed by atoms with Crippen molar-refractivity contribution in [2.45, 2.75) is 30.7 Å². The highest BCUT2D eigenvalue weighted by Gasteiger charge is 2.65. The van der Waals surface area contributed by atoms with Crippen molar-refractivity contribution in [2.24, 2.45) is 5.92 Å². The first-order chi connectivity index (χ1) is 11.9. The quantitative estimate of drug-likeness (QED) is 0.806. The van der Waals surface area contributed by atoms with Crippen LogP contribution in [0.3, 0.4) is 0 Å². The summed E-state index contributed by atoms with van der Waals surface area (Å²) >= 11 is 0. The molecule has 3 fully saturated rings. The summed E-state index contributed by atoms with van der Waals surface area (Å²) in [4.78, 5) is 17.2. The number of nitrogens with one attached hydrogen (secondary N) is 1. The minimum absolute atomic E-state index is 0.0671. The molecule has 3 atom stereocenters. The molecule has 1 N–H and O–H groups in total. The summed E-state index contributed by atoms with van der Waals surface area (Å²) in [6.07, 6.45) is -0.159. The normalized spacial score (nSPS) is 30.4. The minimum atomic E-state index is -4.96. The molecule has 1 aromatic rings. The van der Waals surface area contributed by atoms with E-state index in [1.54, 1.807) is 12.4 Å². The van der Waals surface area contributed by atoms with E-state index >= 15 is 0 Å². The topological polar surface area (TPSA) is 63.7 Å². The number of rotatable bonds is 5. The average molecular weight is 357 g/mol. The standard InChI is InChI=1S/C16H18F3N3O3/c17-16(18,19)14(23)25-15-4-10(15)7-22(9-15)12-3-13(6-20-5-12)24-8-11-1-2-21-11/h3,5-6,10-11,21H,1-2,4,7-9H2/t10?,11-,15?/m1/s1. The number of pyridine rings is 1. The lowest BCUT2D eigenvalue weighted by molar-refractivity contribution is -0.206. The van der Waals surface area contributed by atoms with Crippen molar-refractivity contribution in [1.82, 2.24) is 10.3 Å². The zero-order valence-corrected chi connectivity index (χ0v) is 13.4. The SMILES string of the molecule is O=C(OC12CC1CN(c1cncc(OC[C@H]3CCN3)c1)C2)C(F)(F)F. The van der Waals surface area contributed by atoms with Gasteiger partial charge in [-0.2, -0.15) is 13.2 Å². The van der Waals surface area contributed by atoms with E-state index in [9.17, 15) is 18.0 Å². The van der Waals surface area contributed by atoms with Gasteiger partial charge < -0.3 is 19.7 Å². The minimum Gasteiger partial charge on any atom is -0.490 e. The summed E-state index contributed by atoms with van der Waals surface area (Å²) in [5.74, 6) is -1.56. The number of halogens is 3. The average Bonchev–Trinajstić information content (AvgIpc) is 3.05. The van der Waals surface area contributed by atoms with Crippen molar-refractivity contribution in [1.29, 1.82) is 0 Å². The number of anilines is 1. The molecule has 3 aliphatic rings. The highest BCUT2D eigenvalue weighted by atomic mass is 19.4. The Balaban J connectivity index is 1.38. The number of ether oxygens (including phenoxy) is 2. The second-order valence-electron chi connectivity index (χ2n) is 6.86. The van der Waals surface area contributed by atoms with Crippen LogP contribution in [0.4, 0.5) is 18.9 Å². The van der Waals surface area contributed by atoms with Gasteiger partial charge in [-0.05, 0) is 19.4 Å². The Morgan fingerprint density at radius 1 is 1.44 bits per heavy atom. The molecule has 1 saturated carbocycles. The van der Waals surface area contributed by atoms with Crippen molar-refractivity contribution in [3.05, 3.63) is 18.5 Å². The summed E-state index contributed by atoms with van der Waals surface area (Å²) in [6, 6.07) is 2.17. The number of carbonyl (C=O) groups excluding carboxylic acids is 1. The molecule has 0 bridgehead atoms. The van der Waals surface area contributed by atoms with E-state index in [0.717, 1.165) is 18.7 Å². The zero-order valence-electron chi connectivity index (χ0n) is 13.4. The molecule has 25 heavy (non-hydrogen) atoms. The molecule has 1 aromatic heterocycles. The smallest absolute Gasteiger partial charge is 0.490 e. The Bertz CT molecular complexity index is 680. The third-order valence-corrected chi connectivity index (χ3v) is 5.04. The van der Waals surface area contributed by atoms with Crippen LogP contribution >= 0.6 is 0 Å². The van der Waals surface area contributed by atoms with Gasteiger partial charge in [-0.3, -0.25) is 4.98 Å². The maximum atomic E-state index is 12.4. The summed E-state index contributed by atoms with van der Waals surface area (Å²) in [7, 11) is 0. The lowest BCUT2D eigenvalue weighted by Gasteiger charge is -2.27. The maximum Gasteiger partial charge on any atom is 0.490 e. The van der Waals surface area contributed by atoms with Gasteiger partial charge in [-0.25, -0.2) is 4.79 Å². The number of carbonyl (C=O) groups is 1. The van der Waals surface area contributed by atoms with Crippen LogP contribution in [-0.4, -0.2) is 55.0 Å². The second kappa shape index (κ2) is 5.76. The first-order valence-electron chi connectivity index (χ1n) is 8.22. The van der Waals surface area contributed by atoms with E-state index in [4.69, 9.17) is 9.47 Å².